The summed E-state index contributed by atoms with van der Waals surface area (Å²) in [5.41, 5.74) is 19.5. The molecule has 3 heterocycles. The fourth-order valence-corrected chi connectivity index (χ4v) is 10.6. The molecule has 430 valence electrons. The Labute approximate surface area is 519 Å². The Balaban J connectivity index is 0.000000369. The summed E-state index contributed by atoms with van der Waals surface area (Å²) in [6.07, 6.45) is 15.1. The SMILES string of the molecule is C/C=C\CCN=C(C)c1ccccc1.C=C1/C=C(c2ccc3c(c2)c2ccccc2n3-c2ccccc2)\C=C/N(c2ccc(-c3cccc(-c4cccc(-c5nc(-c6ccccc6)nc(-c6ccccc6)n5)c4)c3)cc2)c2ccccc21.C=CC=C.CC. The minimum absolute atomic E-state index is 0.630. The van der Waals surface area contributed by atoms with Gasteiger partial charge in [-0.05, 0) is 138 Å². The van der Waals surface area contributed by atoms with Crippen molar-refractivity contribution in [1.29, 1.82) is 0 Å². The lowest BCUT2D eigenvalue weighted by Gasteiger charge is -2.26. The van der Waals surface area contributed by atoms with Crippen molar-refractivity contribution in [1.82, 2.24) is 19.5 Å². The van der Waals surface area contributed by atoms with Crippen LogP contribution in [-0.4, -0.2) is 31.8 Å². The zero-order chi connectivity index (χ0) is 61.0. The Hall–Kier alpha value is -11.1. The monoisotopic (exact) mass is 1140 g/mol. The van der Waals surface area contributed by atoms with E-state index in [0.29, 0.717) is 17.5 Å². The second-order valence-corrected chi connectivity index (χ2v) is 20.7. The number of hydrogen-bond acceptors (Lipinski definition) is 5. The fourth-order valence-electron chi connectivity index (χ4n) is 10.6. The average Bonchev–Trinajstić information content (AvgIpc) is 1.76. The molecular formula is C82H72N6. The maximum Gasteiger partial charge on any atom is 0.164 e. The van der Waals surface area contributed by atoms with Crippen LogP contribution in [0.4, 0.5) is 11.4 Å². The molecule has 0 amide bonds. The Bertz CT molecular complexity index is 4390. The standard InChI is InChI=1S/C63H43N5.C13H17N.C4H6.C2H6/c1-43-39-51(50-33-36-60-57(42-50)56-28-12-14-30-59(56)68(60)54-25-9-4-10-26-54)37-38-67(58-29-13-11-27-55(43)58)53-34-31-44(32-35-53)47-21-15-22-48(40-47)49-23-16-24-52(41-49)63-65-61(45-17-5-2-6-18-45)64-62(66-63)46-19-7-3-8-20-46;1-3-4-8-11-14-12(2)13-9-6-5-7-10-13;1-3-4-2;1-2/h2-42H,1H2;3-7,9-10H,8,11H2,1-2H3;3-4H,1-2H2;1-2H3/b38-37-,51-39+;4-3-,14-12?;;. The van der Waals surface area contributed by atoms with Crippen molar-refractivity contribution in [3.8, 4) is 62.1 Å². The number of aliphatic imine (C=N–C) groups is 1. The van der Waals surface area contributed by atoms with Gasteiger partial charge in [0.25, 0.3) is 0 Å². The van der Waals surface area contributed by atoms with Crippen LogP contribution in [0, 0.1) is 0 Å². The molecular weight excluding hydrogens is 1070 g/mol. The van der Waals surface area contributed by atoms with Gasteiger partial charge in [0.05, 0.1) is 16.7 Å². The molecule has 0 N–H and O–H groups in total. The summed E-state index contributed by atoms with van der Waals surface area (Å²) in [6, 6.07) is 91.1. The Morgan fingerprint density at radius 2 is 0.966 bits per heavy atom. The van der Waals surface area contributed by atoms with Crippen molar-refractivity contribution in [2.45, 2.75) is 34.1 Å². The number of nitrogens with zero attached hydrogens (tertiary/aromatic N) is 6. The highest BCUT2D eigenvalue weighted by Crippen LogP contribution is 2.40. The van der Waals surface area contributed by atoms with E-state index in [2.05, 4.69) is 254 Å². The van der Waals surface area contributed by atoms with Gasteiger partial charge < -0.3 is 9.47 Å². The van der Waals surface area contributed by atoms with E-state index in [-0.39, 0.29) is 0 Å². The first kappa shape index (κ1) is 60.1. The third kappa shape index (κ3) is 14.2. The van der Waals surface area contributed by atoms with Gasteiger partial charge in [0.1, 0.15) is 0 Å². The van der Waals surface area contributed by atoms with Gasteiger partial charge in [-0.3, -0.25) is 4.99 Å². The van der Waals surface area contributed by atoms with Crippen LogP contribution in [-0.2, 0) is 0 Å². The predicted octanol–water partition coefficient (Wildman–Crippen LogP) is 21.9. The molecule has 0 unspecified atom stereocenters. The summed E-state index contributed by atoms with van der Waals surface area (Å²) in [6.45, 7) is 20.3. The molecule has 0 radical (unpaired) electrons. The number of benzene rings is 10. The molecule has 6 heteroatoms. The average molecular weight is 1140 g/mol. The zero-order valence-corrected chi connectivity index (χ0v) is 50.6. The van der Waals surface area contributed by atoms with Crippen LogP contribution in [0.25, 0.3) is 95.1 Å². The Morgan fingerprint density at radius 3 is 1.59 bits per heavy atom. The van der Waals surface area contributed by atoms with Crippen molar-refractivity contribution < 1.29 is 0 Å². The first-order valence-electron chi connectivity index (χ1n) is 30.0. The van der Waals surface area contributed by atoms with E-state index < -0.39 is 0 Å². The summed E-state index contributed by atoms with van der Waals surface area (Å²) in [5, 5.41) is 2.44. The topological polar surface area (TPSA) is 59.2 Å². The lowest BCUT2D eigenvalue weighted by molar-refractivity contribution is 1.00. The molecule has 1 aliphatic heterocycles. The van der Waals surface area contributed by atoms with E-state index in [1.807, 2.05) is 99.6 Å². The van der Waals surface area contributed by atoms with Crippen LogP contribution in [0.15, 0.2) is 328 Å². The molecule has 0 atom stereocenters. The van der Waals surface area contributed by atoms with E-state index in [1.54, 1.807) is 12.2 Å². The number of allylic oxidation sites excluding steroid dienone is 7. The summed E-state index contributed by atoms with van der Waals surface area (Å²) >= 11 is 0. The van der Waals surface area contributed by atoms with Gasteiger partial charge >= 0.3 is 0 Å². The van der Waals surface area contributed by atoms with Gasteiger partial charge in [0.15, 0.2) is 17.5 Å². The highest BCUT2D eigenvalue weighted by Gasteiger charge is 2.19. The molecule has 0 saturated carbocycles. The molecule has 1 aliphatic rings. The molecule has 13 rings (SSSR count). The minimum atomic E-state index is 0.630. The molecule has 2 aromatic heterocycles. The van der Waals surface area contributed by atoms with Gasteiger partial charge in [-0.15, -0.1) is 0 Å². The van der Waals surface area contributed by atoms with Crippen molar-refractivity contribution in [2.75, 3.05) is 11.4 Å². The maximum absolute atomic E-state index is 4.99. The van der Waals surface area contributed by atoms with Gasteiger partial charge in [-0.2, -0.15) is 0 Å². The van der Waals surface area contributed by atoms with Crippen LogP contribution in [0.3, 0.4) is 0 Å². The quantitative estimate of drug-likeness (QED) is 0.0500. The third-order valence-corrected chi connectivity index (χ3v) is 15.0. The number of rotatable bonds is 13. The highest BCUT2D eigenvalue weighted by atomic mass is 15.1. The van der Waals surface area contributed by atoms with Crippen molar-refractivity contribution in [3.63, 3.8) is 0 Å². The lowest BCUT2D eigenvalue weighted by Crippen LogP contribution is -2.11. The highest BCUT2D eigenvalue weighted by molar-refractivity contribution is 6.10. The number of fused-ring (bicyclic) bond motifs is 4. The molecule has 12 aromatic rings. The number of hydrogen-bond donors (Lipinski definition) is 0. The first-order valence-corrected chi connectivity index (χ1v) is 30.0. The van der Waals surface area contributed by atoms with Gasteiger partial charge in [0.2, 0.25) is 0 Å². The number of anilines is 2. The number of aromatic nitrogens is 4. The van der Waals surface area contributed by atoms with Crippen LogP contribution in [0.2, 0.25) is 0 Å². The molecule has 0 fully saturated rings. The molecule has 0 saturated heterocycles. The second kappa shape index (κ2) is 29.6. The van der Waals surface area contributed by atoms with Gasteiger partial charge in [0, 0.05) is 62.9 Å². The molecule has 6 nitrogen and oxygen atoms in total. The summed E-state index contributed by atoms with van der Waals surface area (Å²) in [7, 11) is 0. The molecule has 0 aliphatic carbocycles. The zero-order valence-electron chi connectivity index (χ0n) is 50.6. The fraction of sp³-hybridized carbons (Fsp3) is 0.0732. The van der Waals surface area contributed by atoms with Gasteiger partial charge in [-0.25, -0.2) is 15.0 Å². The Morgan fingerprint density at radius 1 is 0.466 bits per heavy atom. The largest absolute Gasteiger partial charge is 0.317 e. The Kier molecular flexibility index (Phi) is 20.2. The minimum Gasteiger partial charge on any atom is -0.317 e. The van der Waals surface area contributed by atoms with E-state index in [9.17, 15) is 0 Å². The molecule has 0 bridgehead atoms. The third-order valence-electron chi connectivity index (χ3n) is 15.0. The van der Waals surface area contributed by atoms with Crippen LogP contribution in [0.1, 0.15) is 50.8 Å². The summed E-state index contributed by atoms with van der Waals surface area (Å²) in [4.78, 5) is 21.6. The number of para-hydroxylation sites is 3. The van der Waals surface area contributed by atoms with Crippen molar-refractivity contribution in [2.24, 2.45) is 4.99 Å². The molecule has 88 heavy (non-hydrogen) atoms. The molecule has 10 aromatic carbocycles. The van der Waals surface area contributed by atoms with Crippen LogP contribution >= 0.6 is 0 Å². The summed E-state index contributed by atoms with van der Waals surface area (Å²) < 4.78 is 2.35. The second-order valence-electron chi connectivity index (χ2n) is 20.7. The maximum atomic E-state index is 4.99. The molecule has 0 spiro atoms. The normalized spacial score (nSPS) is 12.8. The van der Waals surface area contributed by atoms with Crippen molar-refractivity contribution in [3.05, 3.63) is 340 Å². The van der Waals surface area contributed by atoms with E-state index >= 15 is 0 Å². The smallest absolute Gasteiger partial charge is 0.164 e. The van der Waals surface area contributed by atoms with E-state index in [4.69, 9.17) is 15.0 Å². The summed E-state index contributed by atoms with van der Waals surface area (Å²) in [5.74, 6) is 1.91. The van der Waals surface area contributed by atoms with Crippen molar-refractivity contribution >= 4 is 50.0 Å². The van der Waals surface area contributed by atoms with E-state index in [1.165, 1.54) is 27.4 Å². The first-order chi connectivity index (χ1) is 43.4. The lowest BCUT2D eigenvalue weighted by atomic mass is 9.95. The predicted molar refractivity (Wildman–Crippen MR) is 377 cm³/mol. The van der Waals surface area contributed by atoms with Gasteiger partial charge in [-0.1, -0.05) is 258 Å². The van der Waals surface area contributed by atoms with E-state index in [0.717, 1.165) is 97.0 Å². The van der Waals surface area contributed by atoms with Crippen LogP contribution in [0.5, 0.6) is 0 Å². The van der Waals surface area contributed by atoms with Crippen LogP contribution < -0.4 is 4.90 Å².